The van der Waals surface area contributed by atoms with E-state index in [9.17, 15) is 9.59 Å². The molecule has 0 saturated carbocycles. The molecule has 0 N–H and O–H groups in total. The number of carbonyl (C=O) groups excluding carboxylic acids is 2. The average molecular weight is 493 g/mol. The molecular weight excluding hydrogens is 460 g/mol. The van der Waals surface area contributed by atoms with Crippen molar-refractivity contribution in [1.82, 2.24) is 20.0 Å². The molecule has 7 nitrogen and oxygen atoms in total. The van der Waals surface area contributed by atoms with Crippen molar-refractivity contribution in [1.29, 1.82) is 0 Å². The van der Waals surface area contributed by atoms with E-state index in [1.165, 1.54) is 11.8 Å². The SMILES string of the molecule is C[C@@H]1CN(C(=O)c2ccc(CSc3ccc(-c4ccccc4)nn3)o2)CCN1C(=O)CC(C)(C)C. The smallest absolute Gasteiger partial charge is 0.289 e. The summed E-state index contributed by atoms with van der Waals surface area (Å²) in [7, 11) is 0. The van der Waals surface area contributed by atoms with Gasteiger partial charge in [0.1, 0.15) is 10.8 Å². The molecule has 1 aliphatic rings. The Morgan fingerprint density at radius 3 is 2.46 bits per heavy atom. The Labute approximate surface area is 210 Å². The first kappa shape index (κ1) is 25.0. The van der Waals surface area contributed by atoms with Crippen molar-refractivity contribution in [2.45, 2.75) is 50.9 Å². The van der Waals surface area contributed by atoms with Crippen LogP contribution in [0.25, 0.3) is 11.3 Å². The molecule has 3 aromatic rings. The van der Waals surface area contributed by atoms with Crippen molar-refractivity contribution in [2.24, 2.45) is 5.41 Å². The van der Waals surface area contributed by atoms with Gasteiger partial charge in [-0.3, -0.25) is 9.59 Å². The molecule has 1 fully saturated rings. The average Bonchev–Trinajstić information content (AvgIpc) is 3.31. The molecule has 1 aliphatic heterocycles. The third-order valence-corrected chi connectivity index (χ3v) is 6.80. The summed E-state index contributed by atoms with van der Waals surface area (Å²) in [5, 5.41) is 9.40. The molecule has 0 radical (unpaired) electrons. The van der Waals surface area contributed by atoms with Crippen molar-refractivity contribution < 1.29 is 14.0 Å². The fourth-order valence-electron chi connectivity index (χ4n) is 4.10. The fourth-order valence-corrected chi connectivity index (χ4v) is 4.81. The van der Waals surface area contributed by atoms with Crippen molar-refractivity contribution in [3.8, 4) is 11.3 Å². The van der Waals surface area contributed by atoms with Gasteiger partial charge in [-0.05, 0) is 36.6 Å². The predicted octanol–water partition coefficient (Wildman–Crippen LogP) is 5.14. The van der Waals surface area contributed by atoms with Gasteiger partial charge < -0.3 is 14.2 Å². The molecule has 0 spiro atoms. The molecule has 3 heterocycles. The lowest BCUT2D eigenvalue weighted by atomic mass is 9.91. The summed E-state index contributed by atoms with van der Waals surface area (Å²) < 4.78 is 5.85. The van der Waals surface area contributed by atoms with Gasteiger partial charge in [0.15, 0.2) is 5.76 Å². The van der Waals surface area contributed by atoms with Crippen LogP contribution in [0.1, 0.15) is 50.4 Å². The van der Waals surface area contributed by atoms with Gasteiger partial charge in [-0.1, -0.05) is 62.9 Å². The second kappa shape index (κ2) is 10.6. The summed E-state index contributed by atoms with van der Waals surface area (Å²) in [5.41, 5.74) is 1.80. The van der Waals surface area contributed by atoms with Crippen LogP contribution < -0.4 is 0 Å². The lowest BCUT2D eigenvalue weighted by Gasteiger charge is -2.40. The molecule has 184 valence electrons. The van der Waals surface area contributed by atoms with Gasteiger partial charge >= 0.3 is 0 Å². The third-order valence-electron chi connectivity index (χ3n) is 5.86. The number of carbonyl (C=O) groups is 2. The second-order valence-electron chi connectivity index (χ2n) is 10.1. The molecule has 1 aromatic carbocycles. The van der Waals surface area contributed by atoms with Crippen molar-refractivity contribution in [3.05, 3.63) is 66.1 Å². The molecule has 35 heavy (non-hydrogen) atoms. The van der Waals surface area contributed by atoms with E-state index in [4.69, 9.17) is 4.42 Å². The molecule has 2 aromatic heterocycles. The van der Waals surface area contributed by atoms with Crippen LogP contribution in [0.4, 0.5) is 0 Å². The maximum atomic E-state index is 13.0. The number of aromatic nitrogens is 2. The minimum atomic E-state index is -0.136. The molecule has 1 atom stereocenters. The highest BCUT2D eigenvalue weighted by Gasteiger charge is 2.32. The first-order chi connectivity index (χ1) is 16.7. The van der Waals surface area contributed by atoms with Gasteiger partial charge in [0.2, 0.25) is 5.91 Å². The quantitative estimate of drug-likeness (QED) is 0.444. The minimum absolute atomic E-state index is 0.0232. The summed E-state index contributed by atoms with van der Waals surface area (Å²) in [6, 6.07) is 17.4. The van der Waals surface area contributed by atoms with Crippen LogP contribution in [-0.2, 0) is 10.5 Å². The van der Waals surface area contributed by atoms with E-state index < -0.39 is 0 Å². The minimum Gasteiger partial charge on any atom is -0.455 e. The molecule has 0 bridgehead atoms. The van der Waals surface area contributed by atoms with Crippen LogP contribution in [0, 0.1) is 5.41 Å². The monoisotopic (exact) mass is 492 g/mol. The summed E-state index contributed by atoms with van der Waals surface area (Å²) in [6.07, 6.45) is 0.504. The van der Waals surface area contributed by atoms with Gasteiger partial charge in [-0.2, -0.15) is 0 Å². The molecule has 0 unspecified atom stereocenters. The van der Waals surface area contributed by atoms with Crippen molar-refractivity contribution in [3.63, 3.8) is 0 Å². The Kier molecular flexibility index (Phi) is 7.60. The van der Waals surface area contributed by atoms with Crippen molar-refractivity contribution in [2.75, 3.05) is 19.6 Å². The Bertz CT molecular complexity index is 1160. The van der Waals surface area contributed by atoms with Crippen LogP contribution in [0.3, 0.4) is 0 Å². The zero-order chi connectivity index (χ0) is 25.0. The highest BCUT2D eigenvalue weighted by molar-refractivity contribution is 7.98. The zero-order valence-corrected chi connectivity index (χ0v) is 21.5. The number of hydrogen-bond acceptors (Lipinski definition) is 6. The molecule has 4 rings (SSSR count). The third kappa shape index (κ3) is 6.51. The topological polar surface area (TPSA) is 79.5 Å². The number of amides is 2. The Hall–Kier alpha value is -3.13. The lowest BCUT2D eigenvalue weighted by Crippen LogP contribution is -2.55. The Balaban J connectivity index is 1.30. The highest BCUT2D eigenvalue weighted by atomic mass is 32.2. The Morgan fingerprint density at radius 1 is 1.03 bits per heavy atom. The van der Waals surface area contributed by atoms with Crippen LogP contribution >= 0.6 is 11.8 Å². The van der Waals surface area contributed by atoms with Crippen LogP contribution in [-0.4, -0.2) is 57.5 Å². The van der Waals surface area contributed by atoms with Gasteiger partial charge in [-0.15, -0.1) is 10.2 Å². The first-order valence-electron chi connectivity index (χ1n) is 11.9. The fraction of sp³-hybridized carbons (Fsp3) is 0.407. The number of furan rings is 1. The zero-order valence-electron chi connectivity index (χ0n) is 20.7. The summed E-state index contributed by atoms with van der Waals surface area (Å²) in [5.74, 6) is 1.60. The summed E-state index contributed by atoms with van der Waals surface area (Å²) >= 11 is 1.51. The van der Waals surface area contributed by atoms with Crippen LogP contribution in [0.2, 0.25) is 0 Å². The number of thioether (sulfide) groups is 1. The van der Waals surface area contributed by atoms with E-state index in [0.29, 0.717) is 43.3 Å². The number of benzene rings is 1. The highest BCUT2D eigenvalue weighted by Crippen LogP contribution is 2.25. The second-order valence-corrected chi connectivity index (χ2v) is 11.1. The van der Waals surface area contributed by atoms with E-state index in [2.05, 4.69) is 31.0 Å². The number of hydrogen-bond donors (Lipinski definition) is 0. The maximum absolute atomic E-state index is 13.0. The standard InChI is InChI=1S/C27H32N4O3S/c1-19-17-30(14-15-31(19)25(32)16-27(2,3)4)26(33)23-12-10-21(34-23)18-35-24-13-11-22(28-29-24)20-8-6-5-7-9-20/h5-13,19H,14-18H2,1-4H3/t19-/m1/s1. The normalized spacial score (nSPS) is 16.4. The van der Waals surface area contributed by atoms with E-state index in [0.717, 1.165) is 16.3 Å². The van der Waals surface area contributed by atoms with E-state index in [-0.39, 0.29) is 23.3 Å². The molecular formula is C27H32N4O3S. The van der Waals surface area contributed by atoms with E-state index >= 15 is 0 Å². The van der Waals surface area contributed by atoms with Gasteiger partial charge in [0.25, 0.3) is 5.91 Å². The molecule has 1 saturated heterocycles. The maximum Gasteiger partial charge on any atom is 0.289 e. The molecule has 0 aliphatic carbocycles. The van der Waals surface area contributed by atoms with Gasteiger partial charge in [-0.25, -0.2) is 0 Å². The van der Waals surface area contributed by atoms with Crippen molar-refractivity contribution >= 4 is 23.6 Å². The van der Waals surface area contributed by atoms with Crippen LogP contribution in [0.5, 0.6) is 0 Å². The predicted molar refractivity (Wildman–Crippen MR) is 137 cm³/mol. The summed E-state index contributed by atoms with van der Waals surface area (Å²) in [6.45, 7) is 9.74. The van der Waals surface area contributed by atoms with Gasteiger partial charge in [0.05, 0.1) is 11.4 Å². The Morgan fingerprint density at radius 2 is 1.80 bits per heavy atom. The van der Waals surface area contributed by atoms with Crippen LogP contribution in [0.15, 0.2) is 64.0 Å². The number of rotatable bonds is 6. The van der Waals surface area contributed by atoms with Gasteiger partial charge in [0, 0.05) is 37.7 Å². The molecule has 8 heteroatoms. The number of nitrogens with zero attached hydrogens (tertiary/aromatic N) is 4. The number of piperazine rings is 1. The van der Waals surface area contributed by atoms with E-state index in [1.807, 2.05) is 60.4 Å². The lowest BCUT2D eigenvalue weighted by molar-refractivity contribution is -0.137. The van der Waals surface area contributed by atoms with E-state index in [1.54, 1.807) is 11.0 Å². The molecule has 2 amide bonds. The summed E-state index contributed by atoms with van der Waals surface area (Å²) in [4.78, 5) is 29.3. The first-order valence-corrected chi connectivity index (χ1v) is 12.9. The largest absolute Gasteiger partial charge is 0.455 e.